The number of hydrogen-bond donors (Lipinski definition) is 0. The summed E-state index contributed by atoms with van der Waals surface area (Å²) in [7, 11) is 8.22. The fraction of sp³-hybridized carbons (Fsp3) is 0.645. The maximum atomic E-state index is 4.89. The van der Waals surface area contributed by atoms with Gasteiger partial charge in [0.1, 0.15) is 8.24 Å². The summed E-state index contributed by atoms with van der Waals surface area (Å²) < 4.78 is 2.87. The van der Waals surface area contributed by atoms with Crippen molar-refractivity contribution in [2.75, 3.05) is 26.2 Å². The van der Waals surface area contributed by atoms with Gasteiger partial charge in [-0.1, -0.05) is 98.0 Å². The van der Waals surface area contributed by atoms with Gasteiger partial charge in [0.15, 0.2) is 0 Å². The van der Waals surface area contributed by atoms with Crippen molar-refractivity contribution in [3.8, 4) is 0 Å². The molecule has 0 amide bonds. The normalized spacial score (nSPS) is 26.4. The van der Waals surface area contributed by atoms with Crippen molar-refractivity contribution in [3.05, 3.63) is 65.9 Å². The van der Waals surface area contributed by atoms with Crippen LogP contribution in [0.3, 0.4) is 0 Å². The molecule has 1 saturated carbocycles. The summed E-state index contributed by atoms with van der Waals surface area (Å²) in [6.45, 7) is 26.3. The van der Waals surface area contributed by atoms with E-state index in [0.717, 1.165) is 24.5 Å². The summed E-state index contributed by atoms with van der Waals surface area (Å²) in [6, 6.07) is 7.46. The standard InChI is InChI=1S/C30H47N2Si.CH3.2ClH.Ti/c1-21-17-27-25(22-18-23(29(2,3)4)20-24(19-22)30(5,6)7)11-10-12-26(27)28(21)33(8,9)32-15-13-31-14-16-32;;;;/h10-12,18-21,26-28H,13-17H2,1-9H3;1H3;2*1H;/q2*-1;;;+2/p-2. The first-order valence-electron chi connectivity index (χ1n) is 13.6. The van der Waals surface area contributed by atoms with E-state index in [4.69, 9.17) is 18.6 Å². The molecular formula is C31H50Cl2N2SiTi-2. The SMILES string of the molecule is CC1CC2C(c3cc(C(C)(C)C)cc(C(C)(C)C)c3)=CC=CC2C1[Si](C)(C)N1CC[N-]CC1.[CH3-].[Cl][Ti][Cl]. The molecule has 0 spiro atoms. The third-order valence-electron chi connectivity index (χ3n) is 8.81. The zero-order chi connectivity index (χ0) is 26.9. The van der Waals surface area contributed by atoms with Crippen LogP contribution in [0.1, 0.15) is 71.6 Å². The second kappa shape index (κ2) is 13.2. The van der Waals surface area contributed by atoms with Crippen LogP contribution in [-0.4, -0.2) is 39.0 Å². The topological polar surface area (TPSA) is 17.3 Å². The number of rotatable bonds is 3. The number of halogens is 2. The minimum absolute atomic E-state index is 0. The third kappa shape index (κ3) is 7.66. The van der Waals surface area contributed by atoms with Crippen molar-refractivity contribution in [2.45, 2.75) is 84.4 Å². The van der Waals surface area contributed by atoms with Gasteiger partial charge in [-0.25, -0.2) is 0 Å². The Morgan fingerprint density at radius 2 is 1.46 bits per heavy atom. The Kier molecular flexibility index (Phi) is 11.9. The molecule has 208 valence electrons. The van der Waals surface area contributed by atoms with Crippen molar-refractivity contribution in [1.82, 2.24) is 4.57 Å². The molecule has 1 saturated heterocycles. The number of nitrogens with zero attached hydrogens (tertiary/aromatic N) is 2. The van der Waals surface area contributed by atoms with Crippen molar-refractivity contribution < 1.29 is 17.0 Å². The number of hydrogen-bond acceptors (Lipinski definition) is 1. The second-order valence-corrected chi connectivity index (χ2v) is 20.8. The average Bonchev–Trinajstić information content (AvgIpc) is 3.15. The maximum absolute atomic E-state index is 4.89. The summed E-state index contributed by atoms with van der Waals surface area (Å²) in [6.07, 6.45) is 8.73. The molecule has 6 heteroatoms. The molecule has 0 N–H and O–H groups in total. The van der Waals surface area contributed by atoms with Gasteiger partial charge in [0.05, 0.1) is 0 Å². The summed E-state index contributed by atoms with van der Waals surface area (Å²) in [5.74, 6) is 2.11. The molecule has 1 aliphatic heterocycles. The van der Waals surface area contributed by atoms with Crippen LogP contribution in [0.15, 0.2) is 36.4 Å². The third-order valence-corrected chi connectivity index (χ3v) is 13.5. The van der Waals surface area contributed by atoms with Crippen LogP contribution in [0.2, 0.25) is 18.6 Å². The van der Waals surface area contributed by atoms with E-state index in [1.165, 1.54) is 36.2 Å². The first kappa shape index (κ1) is 33.3. The number of fused-ring (bicyclic) bond motifs is 1. The molecule has 0 radical (unpaired) electrons. The molecule has 2 aliphatic carbocycles. The van der Waals surface area contributed by atoms with Gasteiger partial charge in [0.2, 0.25) is 0 Å². The van der Waals surface area contributed by atoms with Crippen LogP contribution in [0.5, 0.6) is 0 Å². The van der Waals surface area contributed by atoms with E-state index in [1.54, 1.807) is 5.57 Å². The predicted molar refractivity (Wildman–Crippen MR) is 166 cm³/mol. The summed E-state index contributed by atoms with van der Waals surface area (Å²) in [4.78, 5) is 0. The first-order valence-corrected chi connectivity index (χ1v) is 20.9. The molecule has 1 aromatic rings. The van der Waals surface area contributed by atoms with E-state index < -0.39 is 25.3 Å². The van der Waals surface area contributed by atoms with E-state index in [9.17, 15) is 0 Å². The Labute approximate surface area is 246 Å². The van der Waals surface area contributed by atoms with Crippen LogP contribution in [0.25, 0.3) is 10.9 Å². The van der Waals surface area contributed by atoms with E-state index in [1.807, 2.05) is 0 Å². The molecule has 3 aliphatic rings. The fourth-order valence-corrected chi connectivity index (χ4v) is 11.5. The monoisotopic (exact) mass is 596 g/mol. The van der Waals surface area contributed by atoms with Gasteiger partial charge in [-0.05, 0) is 75.9 Å². The fourth-order valence-electron chi connectivity index (χ4n) is 6.86. The van der Waals surface area contributed by atoms with Crippen molar-refractivity contribution in [2.24, 2.45) is 17.8 Å². The van der Waals surface area contributed by atoms with Crippen LogP contribution in [0, 0.1) is 25.2 Å². The summed E-state index contributed by atoms with van der Waals surface area (Å²) in [5.41, 5.74) is 7.11. The van der Waals surface area contributed by atoms with Gasteiger partial charge in [0, 0.05) is 0 Å². The second-order valence-electron chi connectivity index (χ2n) is 13.6. The Hall–Kier alpha value is 0.131. The van der Waals surface area contributed by atoms with Crippen LogP contribution >= 0.6 is 18.6 Å². The summed E-state index contributed by atoms with van der Waals surface area (Å²) in [5, 5.41) is 4.63. The molecule has 1 heterocycles. The quantitative estimate of drug-likeness (QED) is 0.251. The molecule has 4 atom stereocenters. The van der Waals surface area contributed by atoms with E-state index in [-0.39, 0.29) is 18.3 Å². The molecule has 37 heavy (non-hydrogen) atoms. The van der Waals surface area contributed by atoms with Crippen molar-refractivity contribution >= 4 is 32.4 Å². The zero-order valence-corrected chi connectivity index (χ0v) is 29.0. The van der Waals surface area contributed by atoms with Gasteiger partial charge >= 0.3 is 35.6 Å². The van der Waals surface area contributed by atoms with Gasteiger partial charge in [-0.2, -0.15) is 0 Å². The van der Waals surface area contributed by atoms with Gasteiger partial charge in [0.25, 0.3) is 0 Å². The Morgan fingerprint density at radius 3 is 1.95 bits per heavy atom. The molecule has 4 unspecified atom stereocenters. The van der Waals surface area contributed by atoms with E-state index >= 15 is 0 Å². The van der Waals surface area contributed by atoms with Gasteiger partial charge in [-0.15, -0.1) is 13.1 Å². The molecule has 2 fully saturated rings. The average molecular weight is 598 g/mol. The minimum atomic E-state index is -1.56. The number of piperazine rings is 1. The Balaban J connectivity index is 0.00000115. The number of allylic oxidation sites excluding steroid dienone is 4. The molecule has 0 aromatic heterocycles. The number of benzene rings is 1. The molecule has 4 rings (SSSR count). The van der Waals surface area contributed by atoms with Gasteiger partial charge < -0.3 is 17.3 Å². The summed E-state index contributed by atoms with van der Waals surface area (Å²) >= 11 is -0.556. The zero-order valence-electron chi connectivity index (χ0n) is 25.0. The van der Waals surface area contributed by atoms with E-state index in [2.05, 4.69) is 108 Å². The first-order chi connectivity index (χ1) is 16.7. The molecule has 1 aromatic carbocycles. The van der Waals surface area contributed by atoms with Crippen molar-refractivity contribution in [3.63, 3.8) is 0 Å². The van der Waals surface area contributed by atoms with Crippen LogP contribution in [-0.2, 0) is 27.9 Å². The van der Waals surface area contributed by atoms with Gasteiger partial charge in [-0.3, -0.25) is 0 Å². The Bertz CT molecular complexity index is 923. The van der Waals surface area contributed by atoms with E-state index in [0.29, 0.717) is 11.8 Å². The molecular weight excluding hydrogens is 547 g/mol. The predicted octanol–water partition coefficient (Wildman–Crippen LogP) is 9.60. The van der Waals surface area contributed by atoms with Crippen molar-refractivity contribution in [1.29, 1.82) is 0 Å². The molecule has 2 nitrogen and oxygen atoms in total. The Morgan fingerprint density at radius 1 is 0.946 bits per heavy atom. The molecule has 0 bridgehead atoms. The van der Waals surface area contributed by atoms with Crippen LogP contribution < -0.4 is 0 Å². The van der Waals surface area contributed by atoms with Crippen LogP contribution in [0.4, 0.5) is 0 Å².